The number of benzene rings is 1. The molecule has 1 aromatic rings. The molecule has 1 heterocycles. The zero-order valence-corrected chi connectivity index (χ0v) is 8.50. The fraction of sp³-hybridized carbons (Fsp3) is 0.500. The highest BCUT2D eigenvalue weighted by molar-refractivity contribution is 5.58. The molecule has 15 heavy (non-hydrogen) atoms. The van der Waals surface area contributed by atoms with E-state index in [-0.39, 0.29) is 5.82 Å². The first-order valence-corrected chi connectivity index (χ1v) is 5.52. The molecule has 1 saturated carbocycles. The number of anilines is 1. The molecule has 1 aliphatic carbocycles. The van der Waals surface area contributed by atoms with Crippen molar-refractivity contribution in [2.45, 2.75) is 25.3 Å². The summed E-state index contributed by atoms with van der Waals surface area (Å²) in [7, 11) is 0. The van der Waals surface area contributed by atoms with Crippen LogP contribution in [0.25, 0.3) is 0 Å². The van der Waals surface area contributed by atoms with E-state index in [1.54, 1.807) is 6.07 Å². The lowest BCUT2D eigenvalue weighted by molar-refractivity contribution is 0.191. The van der Waals surface area contributed by atoms with Crippen LogP contribution in [0, 0.1) is 11.7 Å². The van der Waals surface area contributed by atoms with Gasteiger partial charge >= 0.3 is 0 Å². The highest BCUT2D eigenvalue weighted by Crippen LogP contribution is 2.36. The molecular formula is C12H14FNO. The molecule has 0 radical (unpaired) electrons. The van der Waals surface area contributed by atoms with Crippen LogP contribution >= 0.6 is 0 Å². The zero-order valence-electron chi connectivity index (χ0n) is 8.50. The van der Waals surface area contributed by atoms with Crippen molar-refractivity contribution in [1.82, 2.24) is 0 Å². The van der Waals surface area contributed by atoms with Gasteiger partial charge in [0.15, 0.2) is 0 Å². The molecule has 1 aliphatic heterocycles. The molecule has 2 aliphatic rings. The second kappa shape index (κ2) is 3.40. The number of ether oxygens (including phenoxy) is 1. The lowest BCUT2D eigenvalue weighted by Gasteiger charge is -2.37. The average molecular weight is 207 g/mol. The maximum absolute atomic E-state index is 13.0. The quantitative estimate of drug-likeness (QED) is 0.764. The third kappa shape index (κ3) is 1.56. The Bertz CT molecular complexity index is 376. The summed E-state index contributed by atoms with van der Waals surface area (Å²) in [6.07, 6.45) is 3.86. The highest BCUT2D eigenvalue weighted by Gasteiger charge is 2.30. The van der Waals surface area contributed by atoms with E-state index in [1.807, 2.05) is 0 Å². The molecule has 0 saturated heterocycles. The Morgan fingerprint density at radius 2 is 2.20 bits per heavy atom. The normalized spacial score (nSPS) is 24.7. The van der Waals surface area contributed by atoms with Gasteiger partial charge in [-0.15, -0.1) is 0 Å². The molecular weight excluding hydrogens is 193 g/mol. The molecule has 0 spiro atoms. The maximum atomic E-state index is 13.0. The maximum Gasteiger partial charge on any atom is 0.142 e. The molecule has 1 N–H and O–H groups in total. The molecule has 1 aromatic carbocycles. The Labute approximate surface area is 88.4 Å². The lowest BCUT2D eigenvalue weighted by Crippen LogP contribution is -2.40. The number of hydrogen-bond acceptors (Lipinski definition) is 2. The number of halogens is 1. The Kier molecular flexibility index (Phi) is 2.04. The third-order valence-electron chi connectivity index (χ3n) is 3.42. The minimum atomic E-state index is -0.209. The fourth-order valence-corrected chi connectivity index (χ4v) is 2.26. The zero-order chi connectivity index (χ0) is 10.3. The second-order valence-corrected chi connectivity index (χ2v) is 4.39. The van der Waals surface area contributed by atoms with Gasteiger partial charge in [-0.2, -0.15) is 0 Å². The van der Waals surface area contributed by atoms with Gasteiger partial charge in [0.05, 0.1) is 11.7 Å². The van der Waals surface area contributed by atoms with Crippen LogP contribution in [0.3, 0.4) is 0 Å². The SMILES string of the molecule is Fc1ccc2c(c1)NC(C1CCC1)CO2. The third-order valence-corrected chi connectivity index (χ3v) is 3.42. The first-order valence-electron chi connectivity index (χ1n) is 5.52. The predicted octanol–water partition coefficient (Wildman–Crippen LogP) is 2.80. The number of hydrogen-bond donors (Lipinski definition) is 1. The van der Waals surface area contributed by atoms with Gasteiger partial charge in [-0.25, -0.2) is 4.39 Å². The molecule has 1 unspecified atom stereocenters. The summed E-state index contributed by atoms with van der Waals surface area (Å²) in [5.74, 6) is 1.27. The standard InChI is InChI=1S/C12H14FNO/c13-9-4-5-12-10(6-9)14-11(7-15-12)8-2-1-3-8/h4-6,8,11,14H,1-3,7H2. The fourth-order valence-electron chi connectivity index (χ4n) is 2.26. The van der Waals surface area contributed by atoms with Crippen LogP contribution in [0.2, 0.25) is 0 Å². The van der Waals surface area contributed by atoms with Crippen molar-refractivity contribution < 1.29 is 9.13 Å². The summed E-state index contributed by atoms with van der Waals surface area (Å²) in [4.78, 5) is 0. The lowest BCUT2D eigenvalue weighted by atomic mass is 9.79. The molecule has 0 bridgehead atoms. The van der Waals surface area contributed by atoms with Gasteiger partial charge in [-0.05, 0) is 30.9 Å². The van der Waals surface area contributed by atoms with Gasteiger partial charge in [0.2, 0.25) is 0 Å². The van der Waals surface area contributed by atoms with Crippen LogP contribution in [0.4, 0.5) is 10.1 Å². The molecule has 2 nitrogen and oxygen atoms in total. The van der Waals surface area contributed by atoms with Gasteiger partial charge in [-0.3, -0.25) is 0 Å². The largest absolute Gasteiger partial charge is 0.489 e. The van der Waals surface area contributed by atoms with E-state index in [4.69, 9.17) is 4.74 Å². The number of rotatable bonds is 1. The Morgan fingerprint density at radius 1 is 1.33 bits per heavy atom. The summed E-state index contributed by atoms with van der Waals surface area (Å²) in [5.41, 5.74) is 0.804. The predicted molar refractivity (Wildman–Crippen MR) is 56.6 cm³/mol. The van der Waals surface area contributed by atoms with Gasteiger partial charge < -0.3 is 10.1 Å². The van der Waals surface area contributed by atoms with Crippen LogP contribution in [0.5, 0.6) is 5.75 Å². The minimum Gasteiger partial charge on any atom is -0.489 e. The minimum absolute atomic E-state index is 0.209. The van der Waals surface area contributed by atoms with Crippen molar-refractivity contribution in [1.29, 1.82) is 0 Å². The van der Waals surface area contributed by atoms with Crippen molar-refractivity contribution in [3.63, 3.8) is 0 Å². The van der Waals surface area contributed by atoms with Crippen molar-refractivity contribution in [3.05, 3.63) is 24.0 Å². The molecule has 1 atom stereocenters. The first kappa shape index (κ1) is 9.01. The van der Waals surface area contributed by atoms with E-state index in [0.29, 0.717) is 18.6 Å². The molecule has 0 amide bonds. The van der Waals surface area contributed by atoms with Crippen LogP contribution in [0.15, 0.2) is 18.2 Å². The Hall–Kier alpha value is -1.25. The second-order valence-electron chi connectivity index (χ2n) is 4.39. The summed E-state index contributed by atoms with van der Waals surface area (Å²) in [5, 5.41) is 3.37. The molecule has 3 heteroatoms. The number of fused-ring (bicyclic) bond motifs is 1. The summed E-state index contributed by atoms with van der Waals surface area (Å²) < 4.78 is 18.6. The first-order chi connectivity index (χ1) is 7.33. The van der Waals surface area contributed by atoms with Crippen LogP contribution in [-0.2, 0) is 0 Å². The van der Waals surface area contributed by atoms with Crippen molar-refractivity contribution in [2.24, 2.45) is 5.92 Å². The van der Waals surface area contributed by atoms with Gasteiger partial charge in [0, 0.05) is 6.07 Å². The van der Waals surface area contributed by atoms with Crippen LogP contribution in [0.1, 0.15) is 19.3 Å². The van der Waals surface area contributed by atoms with Crippen LogP contribution in [-0.4, -0.2) is 12.6 Å². The molecule has 3 rings (SSSR count). The smallest absolute Gasteiger partial charge is 0.142 e. The van der Waals surface area contributed by atoms with Crippen molar-refractivity contribution >= 4 is 5.69 Å². The average Bonchev–Trinajstić information content (AvgIpc) is 2.14. The summed E-state index contributed by atoms with van der Waals surface area (Å²) in [6.45, 7) is 0.712. The van der Waals surface area contributed by atoms with Gasteiger partial charge in [0.25, 0.3) is 0 Å². The van der Waals surface area contributed by atoms with E-state index >= 15 is 0 Å². The molecule has 0 aromatic heterocycles. The van der Waals surface area contributed by atoms with E-state index < -0.39 is 0 Å². The van der Waals surface area contributed by atoms with Crippen LogP contribution < -0.4 is 10.1 Å². The topological polar surface area (TPSA) is 21.3 Å². The summed E-state index contributed by atoms with van der Waals surface area (Å²) in [6, 6.07) is 5.01. The van der Waals surface area contributed by atoms with E-state index in [0.717, 1.165) is 11.4 Å². The van der Waals surface area contributed by atoms with Gasteiger partial charge in [0.1, 0.15) is 18.2 Å². The summed E-state index contributed by atoms with van der Waals surface area (Å²) >= 11 is 0. The Morgan fingerprint density at radius 3 is 2.93 bits per heavy atom. The van der Waals surface area contributed by atoms with E-state index in [2.05, 4.69) is 5.32 Å². The van der Waals surface area contributed by atoms with Crippen molar-refractivity contribution in [3.8, 4) is 5.75 Å². The van der Waals surface area contributed by atoms with E-state index in [9.17, 15) is 4.39 Å². The van der Waals surface area contributed by atoms with Gasteiger partial charge in [-0.1, -0.05) is 6.42 Å². The molecule has 80 valence electrons. The highest BCUT2D eigenvalue weighted by atomic mass is 19.1. The molecule has 1 fully saturated rings. The monoisotopic (exact) mass is 207 g/mol. The van der Waals surface area contributed by atoms with E-state index in [1.165, 1.54) is 31.4 Å². The number of nitrogens with one attached hydrogen (secondary N) is 1. The Balaban J connectivity index is 1.81. The van der Waals surface area contributed by atoms with Crippen molar-refractivity contribution in [2.75, 3.05) is 11.9 Å².